The van der Waals surface area contributed by atoms with Gasteiger partial charge in [-0.1, -0.05) is 11.6 Å². The van der Waals surface area contributed by atoms with Crippen molar-refractivity contribution in [3.8, 4) is 22.8 Å². The molecule has 25 heavy (non-hydrogen) atoms. The molecular formula is C15H10ClF3N2O4. The van der Waals surface area contributed by atoms with Crippen molar-refractivity contribution in [2.75, 3.05) is 12.8 Å². The van der Waals surface area contributed by atoms with Gasteiger partial charge in [-0.25, -0.2) is 14.2 Å². The maximum Gasteiger partial charge on any atom is 0.586 e. The van der Waals surface area contributed by atoms with Crippen LogP contribution in [0.25, 0.3) is 11.3 Å². The molecule has 1 aliphatic rings. The molecule has 0 saturated heterocycles. The number of esters is 1. The molecule has 0 amide bonds. The first-order chi connectivity index (χ1) is 11.6. The number of aromatic nitrogens is 1. The summed E-state index contributed by atoms with van der Waals surface area (Å²) >= 11 is 5.98. The highest BCUT2D eigenvalue weighted by Crippen LogP contribution is 2.45. The molecule has 2 heterocycles. The van der Waals surface area contributed by atoms with E-state index in [1.807, 2.05) is 0 Å². The first kappa shape index (κ1) is 17.2. The number of pyridine rings is 1. The number of hydrogen-bond acceptors (Lipinski definition) is 6. The number of alkyl halides is 2. The second kappa shape index (κ2) is 5.69. The average Bonchev–Trinajstić information content (AvgIpc) is 2.84. The van der Waals surface area contributed by atoms with Gasteiger partial charge in [0, 0.05) is 11.6 Å². The Morgan fingerprint density at radius 3 is 2.52 bits per heavy atom. The standard InChI is InChI=1S/C15H10ClF3N2O4/c1-5-11(20)10(16)13(14(22)23-2)21-12(5)6-3-8-9(4-7(6)17)25-15(18,19)24-8/h3-4H,1-2H3,(H2,20,21). The fourth-order valence-electron chi connectivity index (χ4n) is 2.31. The molecule has 10 heteroatoms. The first-order valence-electron chi connectivity index (χ1n) is 6.78. The Bertz CT molecular complexity index is 905. The van der Waals surface area contributed by atoms with Gasteiger partial charge in [0.25, 0.3) is 0 Å². The molecule has 3 rings (SSSR count). The summed E-state index contributed by atoms with van der Waals surface area (Å²) in [4.78, 5) is 15.8. The van der Waals surface area contributed by atoms with Crippen molar-refractivity contribution in [3.63, 3.8) is 0 Å². The van der Waals surface area contributed by atoms with Crippen molar-refractivity contribution in [1.29, 1.82) is 0 Å². The Morgan fingerprint density at radius 2 is 1.92 bits per heavy atom. The number of carbonyl (C=O) groups is 1. The monoisotopic (exact) mass is 374 g/mol. The number of methoxy groups -OCH3 is 1. The van der Waals surface area contributed by atoms with Crippen LogP contribution >= 0.6 is 11.6 Å². The molecule has 0 spiro atoms. The van der Waals surface area contributed by atoms with Gasteiger partial charge in [-0.15, -0.1) is 8.78 Å². The Hall–Kier alpha value is -2.68. The van der Waals surface area contributed by atoms with Gasteiger partial charge in [-0.3, -0.25) is 0 Å². The number of anilines is 1. The highest BCUT2D eigenvalue weighted by molar-refractivity contribution is 6.36. The smallest absolute Gasteiger partial charge is 0.464 e. The van der Waals surface area contributed by atoms with Crippen molar-refractivity contribution in [2.24, 2.45) is 0 Å². The van der Waals surface area contributed by atoms with E-state index in [1.165, 1.54) is 6.92 Å². The molecule has 0 fully saturated rings. The van der Waals surface area contributed by atoms with E-state index in [0.717, 1.165) is 19.2 Å². The zero-order valence-corrected chi connectivity index (χ0v) is 13.6. The van der Waals surface area contributed by atoms with E-state index in [2.05, 4.69) is 19.2 Å². The van der Waals surface area contributed by atoms with Gasteiger partial charge in [0.05, 0.1) is 23.5 Å². The van der Waals surface area contributed by atoms with Crippen molar-refractivity contribution in [1.82, 2.24) is 4.98 Å². The van der Waals surface area contributed by atoms with Crippen LogP contribution in [-0.2, 0) is 4.74 Å². The van der Waals surface area contributed by atoms with Gasteiger partial charge in [0.1, 0.15) is 5.82 Å². The minimum Gasteiger partial charge on any atom is -0.464 e. The summed E-state index contributed by atoms with van der Waals surface area (Å²) in [5.74, 6) is -2.64. The Morgan fingerprint density at radius 1 is 1.32 bits per heavy atom. The van der Waals surface area contributed by atoms with Crippen molar-refractivity contribution < 1.29 is 32.2 Å². The molecule has 0 unspecified atom stereocenters. The van der Waals surface area contributed by atoms with Crippen LogP contribution in [0.4, 0.5) is 18.9 Å². The summed E-state index contributed by atoms with van der Waals surface area (Å²) < 4.78 is 53.7. The molecule has 2 aromatic rings. The van der Waals surface area contributed by atoms with Crippen LogP contribution in [0.5, 0.6) is 11.5 Å². The molecule has 2 N–H and O–H groups in total. The molecule has 1 aromatic heterocycles. The molecular weight excluding hydrogens is 365 g/mol. The number of nitrogens with two attached hydrogens (primary N) is 1. The van der Waals surface area contributed by atoms with Crippen LogP contribution in [-0.4, -0.2) is 24.4 Å². The number of nitrogen functional groups attached to an aromatic ring is 1. The minimum absolute atomic E-state index is 0.0190. The number of carbonyl (C=O) groups excluding carboxylic acids is 1. The summed E-state index contributed by atoms with van der Waals surface area (Å²) in [5, 5.41) is -0.152. The predicted octanol–water partition coefficient (Wildman–Crippen LogP) is 3.54. The van der Waals surface area contributed by atoms with Gasteiger partial charge < -0.3 is 19.9 Å². The molecule has 0 atom stereocenters. The topological polar surface area (TPSA) is 83.7 Å². The second-order valence-corrected chi connectivity index (χ2v) is 5.48. The summed E-state index contributed by atoms with van der Waals surface area (Å²) in [6.07, 6.45) is -3.90. The largest absolute Gasteiger partial charge is 0.586 e. The molecule has 0 aliphatic carbocycles. The number of nitrogens with zero attached hydrogens (tertiary/aromatic N) is 1. The fraction of sp³-hybridized carbons (Fsp3) is 0.200. The zero-order chi connectivity index (χ0) is 18.5. The average molecular weight is 375 g/mol. The van der Waals surface area contributed by atoms with Gasteiger partial charge in [0.2, 0.25) is 0 Å². The van der Waals surface area contributed by atoms with Crippen LogP contribution in [0.2, 0.25) is 5.02 Å². The van der Waals surface area contributed by atoms with E-state index in [0.29, 0.717) is 0 Å². The Balaban J connectivity index is 2.21. The van der Waals surface area contributed by atoms with E-state index in [4.69, 9.17) is 17.3 Å². The third kappa shape index (κ3) is 2.80. The molecule has 1 aromatic carbocycles. The molecule has 132 valence electrons. The van der Waals surface area contributed by atoms with E-state index in [9.17, 15) is 18.0 Å². The normalized spacial score (nSPS) is 14.5. The summed E-state index contributed by atoms with van der Waals surface area (Å²) in [7, 11) is 1.11. The molecule has 1 aliphatic heterocycles. The Labute approximate surface area is 144 Å². The van der Waals surface area contributed by atoms with Crippen LogP contribution in [0.1, 0.15) is 16.1 Å². The summed E-state index contributed by atoms with van der Waals surface area (Å²) in [5.41, 5.74) is 5.46. The van der Waals surface area contributed by atoms with Crippen LogP contribution in [0.15, 0.2) is 12.1 Å². The van der Waals surface area contributed by atoms with Crippen LogP contribution in [0, 0.1) is 12.7 Å². The third-order valence-corrected chi connectivity index (χ3v) is 3.93. The first-order valence-corrected chi connectivity index (χ1v) is 7.16. The van der Waals surface area contributed by atoms with Gasteiger partial charge in [-0.05, 0) is 18.6 Å². The van der Waals surface area contributed by atoms with E-state index in [-0.39, 0.29) is 39.0 Å². The number of benzene rings is 1. The van der Waals surface area contributed by atoms with E-state index >= 15 is 0 Å². The molecule has 0 bridgehead atoms. The van der Waals surface area contributed by atoms with Crippen molar-refractivity contribution in [2.45, 2.75) is 13.2 Å². The Kier molecular flexibility index (Phi) is 3.91. The number of halogens is 4. The van der Waals surface area contributed by atoms with Gasteiger partial charge in [-0.2, -0.15) is 0 Å². The van der Waals surface area contributed by atoms with Gasteiger partial charge >= 0.3 is 12.3 Å². The molecule has 0 saturated carbocycles. The number of hydrogen-bond donors (Lipinski definition) is 1. The maximum atomic E-state index is 14.4. The SMILES string of the molecule is COC(=O)c1nc(-c2cc3c(cc2F)OC(F)(F)O3)c(C)c(N)c1Cl. The summed E-state index contributed by atoms with van der Waals surface area (Å²) in [6, 6.07) is 1.71. The van der Waals surface area contributed by atoms with Crippen LogP contribution < -0.4 is 15.2 Å². The van der Waals surface area contributed by atoms with E-state index in [1.54, 1.807) is 0 Å². The number of fused-ring (bicyclic) bond motifs is 1. The minimum atomic E-state index is -3.90. The van der Waals surface area contributed by atoms with E-state index < -0.39 is 23.8 Å². The second-order valence-electron chi connectivity index (χ2n) is 5.10. The number of rotatable bonds is 2. The lowest BCUT2D eigenvalue weighted by molar-refractivity contribution is -0.286. The fourth-order valence-corrected chi connectivity index (χ4v) is 2.57. The predicted molar refractivity (Wildman–Crippen MR) is 81.3 cm³/mol. The van der Waals surface area contributed by atoms with Crippen LogP contribution in [0.3, 0.4) is 0 Å². The highest BCUT2D eigenvalue weighted by Gasteiger charge is 2.44. The zero-order valence-electron chi connectivity index (χ0n) is 12.8. The molecule has 6 nitrogen and oxygen atoms in total. The summed E-state index contributed by atoms with van der Waals surface area (Å²) in [6.45, 7) is 1.49. The number of ether oxygens (including phenoxy) is 3. The lowest BCUT2D eigenvalue weighted by Gasteiger charge is -2.13. The lowest BCUT2D eigenvalue weighted by Crippen LogP contribution is -2.25. The quantitative estimate of drug-likeness (QED) is 0.809. The highest BCUT2D eigenvalue weighted by atomic mass is 35.5. The van der Waals surface area contributed by atoms with Gasteiger partial charge in [0.15, 0.2) is 17.2 Å². The molecule has 0 radical (unpaired) electrons. The third-order valence-electron chi connectivity index (χ3n) is 3.55. The lowest BCUT2D eigenvalue weighted by atomic mass is 10.0. The van der Waals surface area contributed by atoms with Crippen molar-refractivity contribution in [3.05, 3.63) is 34.2 Å². The van der Waals surface area contributed by atoms with Crippen molar-refractivity contribution >= 4 is 23.3 Å². The maximum absolute atomic E-state index is 14.4.